The van der Waals surface area contributed by atoms with Crippen LogP contribution in [0.1, 0.15) is 20.3 Å². The lowest BCUT2D eigenvalue weighted by Gasteiger charge is -1.99. The van der Waals surface area contributed by atoms with Crippen molar-refractivity contribution in [3.8, 4) is 0 Å². The van der Waals surface area contributed by atoms with E-state index in [9.17, 15) is 4.79 Å². The molecule has 0 aliphatic carbocycles. The molecule has 0 saturated carbocycles. The van der Waals surface area contributed by atoms with Gasteiger partial charge in [-0.25, -0.2) is 0 Å². The Labute approximate surface area is 65.8 Å². The Kier molecular flexibility index (Phi) is 5.03. The second kappa shape index (κ2) is 5.30. The minimum absolute atomic E-state index is 0.0884. The summed E-state index contributed by atoms with van der Waals surface area (Å²) in [5.74, 6) is 0.131. The average molecular weight is 163 g/mol. The van der Waals surface area contributed by atoms with Crippen molar-refractivity contribution < 1.29 is 9.53 Å². The van der Waals surface area contributed by atoms with Gasteiger partial charge in [-0.15, -0.1) is 11.6 Å². The van der Waals surface area contributed by atoms with Crippen molar-refractivity contribution in [2.24, 2.45) is 0 Å². The first-order chi connectivity index (χ1) is 4.70. The molecule has 10 heavy (non-hydrogen) atoms. The molecular weight excluding hydrogens is 152 g/mol. The van der Waals surface area contributed by atoms with Gasteiger partial charge < -0.3 is 4.74 Å². The van der Waals surface area contributed by atoms with Crippen molar-refractivity contribution in [3.63, 3.8) is 0 Å². The SMILES string of the molecule is CCC=C(C)OC(=O)CCl. The number of halogens is 1. The minimum atomic E-state index is -0.399. The summed E-state index contributed by atoms with van der Waals surface area (Å²) >= 11 is 5.19. The van der Waals surface area contributed by atoms with Crippen LogP contribution in [0.5, 0.6) is 0 Å². The van der Waals surface area contributed by atoms with Crippen molar-refractivity contribution in [2.45, 2.75) is 20.3 Å². The van der Waals surface area contributed by atoms with Gasteiger partial charge in [-0.3, -0.25) is 4.79 Å². The molecule has 0 aliphatic heterocycles. The van der Waals surface area contributed by atoms with Crippen LogP contribution in [0.4, 0.5) is 0 Å². The number of ether oxygens (including phenoxy) is 1. The zero-order valence-electron chi connectivity index (χ0n) is 6.19. The average Bonchev–Trinajstić information content (AvgIpc) is 1.88. The van der Waals surface area contributed by atoms with Crippen LogP contribution in [0.3, 0.4) is 0 Å². The van der Waals surface area contributed by atoms with Gasteiger partial charge >= 0.3 is 5.97 Å². The molecule has 0 aliphatic rings. The topological polar surface area (TPSA) is 26.3 Å². The quantitative estimate of drug-likeness (QED) is 0.361. The van der Waals surface area contributed by atoms with E-state index < -0.39 is 5.97 Å². The maximum Gasteiger partial charge on any atom is 0.325 e. The molecular formula is C7H11ClO2. The second-order valence-electron chi connectivity index (χ2n) is 1.83. The van der Waals surface area contributed by atoms with E-state index >= 15 is 0 Å². The zero-order valence-corrected chi connectivity index (χ0v) is 6.94. The molecule has 0 fully saturated rings. The molecule has 58 valence electrons. The highest BCUT2D eigenvalue weighted by atomic mass is 35.5. The molecule has 0 rings (SSSR count). The lowest BCUT2D eigenvalue weighted by atomic mass is 10.4. The predicted molar refractivity (Wildman–Crippen MR) is 40.9 cm³/mol. The van der Waals surface area contributed by atoms with E-state index in [1.807, 2.05) is 13.0 Å². The molecule has 0 radical (unpaired) electrons. The number of esters is 1. The Balaban J connectivity index is 3.67. The van der Waals surface area contributed by atoms with Crippen LogP contribution in [0.2, 0.25) is 0 Å². The highest BCUT2D eigenvalue weighted by Gasteiger charge is 1.98. The smallest absolute Gasteiger partial charge is 0.325 e. The minimum Gasteiger partial charge on any atom is -0.431 e. The van der Waals surface area contributed by atoms with Crippen LogP contribution in [0.25, 0.3) is 0 Å². The number of allylic oxidation sites excluding steroid dienone is 2. The summed E-state index contributed by atoms with van der Waals surface area (Å²) in [6.07, 6.45) is 2.69. The van der Waals surface area contributed by atoms with Crippen molar-refractivity contribution >= 4 is 17.6 Å². The third-order valence-electron chi connectivity index (χ3n) is 0.876. The maximum absolute atomic E-state index is 10.5. The van der Waals surface area contributed by atoms with Gasteiger partial charge in [-0.05, 0) is 19.4 Å². The van der Waals surface area contributed by atoms with Crippen LogP contribution in [-0.2, 0) is 9.53 Å². The third-order valence-corrected chi connectivity index (χ3v) is 1.09. The van der Waals surface area contributed by atoms with Crippen LogP contribution in [-0.4, -0.2) is 11.8 Å². The van der Waals surface area contributed by atoms with Gasteiger partial charge in [0.2, 0.25) is 0 Å². The number of alkyl halides is 1. The first-order valence-electron chi connectivity index (χ1n) is 3.14. The van der Waals surface area contributed by atoms with E-state index in [0.717, 1.165) is 6.42 Å². The highest BCUT2D eigenvalue weighted by molar-refractivity contribution is 6.26. The summed E-state index contributed by atoms with van der Waals surface area (Å²) in [6, 6.07) is 0. The number of carbonyl (C=O) groups excluding carboxylic acids is 1. The predicted octanol–water partition coefficient (Wildman–Crippen LogP) is 2.08. The fourth-order valence-electron chi connectivity index (χ4n) is 0.536. The summed E-state index contributed by atoms with van der Waals surface area (Å²) in [4.78, 5) is 10.5. The highest BCUT2D eigenvalue weighted by Crippen LogP contribution is 1.98. The number of hydrogen-bond acceptors (Lipinski definition) is 2. The van der Waals surface area contributed by atoms with E-state index in [2.05, 4.69) is 0 Å². The summed E-state index contributed by atoms with van der Waals surface area (Å²) in [5.41, 5.74) is 0. The molecule has 0 spiro atoms. The number of carbonyl (C=O) groups is 1. The van der Waals surface area contributed by atoms with Gasteiger partial charge in [-0.1, -0.05) is 6.92 Å². The van der Waals surface area contributed by atoms with Gasteiger partial charge in [0.05, 0.1) is 0 Å². The Morgan fingerprint density at radius 2 is 2.30 bits per heavy atom. The Bertz CT molecular complexity index is 141. The van der Waals surface area contributed by atoms with Crippen LogP contribution in [0, 0.1) is 0 Å². The Hall–Kier alpha value is -0.500. The van der Waals surface area contributed by atoms with Gasteiger partial charge in [-0.2, -0.15) is 0 Å². The van der Waals surface area contributed by atoms with Gasteiger partial charge in [0.1, 0.15) is 11.6 Å². The molecule has 0 aromatic carbocycles. The van der Waals surface area contributed by atoms with Crippen LogP contribution >= 0.6 is 11.6 Å². The van der Waals surface area contributed by atoms with Crippen molar-refractivity contribution in [1.82, 2.24) is 0 Å². The number of rotatable bonds is 3. The van der Waals surface area contributed by atoms with Crippen molar-refractivity contribution in [3.05, 3.63) is 11.8 Å². The fourth-order valence-corrected chi connectivity index (χ4v) is 0.591. The third kappa shape index (κ3) is 4.39. The molecule has 0 N–H and O–H groups in total. The standard InChI is InChI=1S/C7H11ClO2/c1-3-4-6(2)10-7(9)5-8/h4H,3,5H2,1-2H3. The fraction of sp³-hybridized carbons (Fsp3) is 0.571. The van der Waals surface area contributed by atoms with Gasteiger partial charge in [0, 0.05) is 0 Å². The molecule has 0 unspecified atom stereocenters. The molecule has 0 heterocycles. The largest absolute Gasteiger partial charge is 0.431 e. The Morgan fingerprint density at radius 1 is 1.70 bits per heavy atom. The van der Waals surface area contributed by atoms with Gasteiger partial charge in [0.15, 0.2) is 0 Å². The molecule has 0 aromatic rings. The molecule has 0 atom stereocenters. The first kappa shape index (κ1) is 9.50. The molecule has 3 heteroatoms. The van der Waals surface area contributed by atoms with Crippen molar-refractivity contribution in [2.75, 3.05) is 5.88 Å². The lowest BCUT2D eigenvalue weighted by Crippen LogP contribution is -2.03. The first-order valence-corrected chi connectivity index (χ1v) is 3.67. The molecule has 0 amide bonds. The summed E-state index contributed by atoms with van der Waals surface area (Å²) in [6.45, 7) is 3.70. The number of hydrogen-bond donors (Lipinski definition) is 0. The van der Waals surface area contributed by atoms with Gasteiger partial charge in [0.25, 0.3) is 0 Å². The maximum atomic E-state index is 10.5. The molecule has 0 aromatic heterocycles. The second-order valence-corrected chi connectivity index (χ2v) is 2.10. The van der Waals surface area contributed by atoms with E-state index in [1.165, 1.54) is 0 Å². The lowest BCUT2D eigenvalue weighted by molar-refractivity contribution is -0.136. The molecule has 0 bridgehead atoms. The zero-order chi connectivity index (χ0) is 7.98. The molecule has 2 nitrogen and oxygen atoms in total. The van der Waals surface area contributed by atoms with Crippen LogP contribution < -0.4 is 0 Å². The summed E-state index contributed by atoms with van der Waals surface area (Å²) in [7, 11) is 0. The van der Waals surface area contributed by atoms with E-state index in [-0.39, 0.29) is 5.88 Å². The molecule has 0 saturated heterocycles. The van der Waals surface area contributed by atoms with E-state index in [1.54, 1.807) is 6.92 Å². The Morgan fingerprint density at radius 3 is 2.70 bits per heavy atom. The summed E-state index contributed by atoms with van der Waals surface area (Å²) < 4.78 is 4.73. The normalized spacial score (nSPS) is 11.3. The monoisotopic (exact) mass is 162 g/mol. The van der Waals surface area contributed by atoms with Crippen molar-refractivity contribution in [1.29, 1.82) is 0 Å². The van der Waals surface area contributed by atoms with E-state index in [0.29, 0.717) is 5.76 Å². The summed E-state index contributed by atoms with van der Waals surface area (Å²) in [5, 5.41) is 0. The van der Waals surface area contributed by atoms with Crippen LogP contribution in [0.15, 0.2) is 11.8 Å². The van der Waals surface area contributed by atoms with E-state index in [4.69, 9.17) is 16.3 Å².